The molecule has 4 nitrogen and oxygen atoms in total. The molecule has 2 aliphatic heterocycles. The molecule has 0 aliphatic carbocycles. The number of amides is 1. The smallest absolute Gasteiger partial charge is 0.243 e. The lowest BCUT2D eigenvalue weighted by atomic mass is 9.83. The number of carbonyl (C=O) groups is 1. The van der Waals surface area contributed by atoms with Crippen LogP contribution in [0.1, 0.15) is 44.6 Å². The van der Waals surface area contributed by atoms with Crippen molar-refractivity contribution in [2.45, 2.75) is 50.6 Å². The van der Waals surface area contributed by atoms with Crippen LogP contribution >= 0.6 is 11.8 Å². The number of nitrogens with zero attached hydrogens (tertiary/aromatic N) is 2. The first-order valence-electron chi connectivity index (χ1n) is 9.42. The maximum Gasteiger partial charge on any atom is 0.243 e. The van der Waals surface area contributed by atoms with E-state index in [1.54, 1.807) is 11.8 Å². The van der Waals surface area contributed by atoms with Gasteiger partial charge in [0.05, 0.1) is 0 Å². The molecule has 5 heteroatoms. The van der Waals surface area contributed by atoms with Crippen molar-refractivity contribution >= 4 is 17.7 Å². The van der Waals surface area contributed by atoms with Crippen molar-refractivity contribution in [1.82, 2.24) is 14.8 Å². The van der Waals surface area contributed by atoms with Crippen LogP contribution < -0.4 is 5.32 Å². The Bertz CT molecular complexity index is 503. The molecule has 0 bridgehead atoms. The lowest BCUT2D eigenvalue weighted by Gasteiger charge is -2.44. The predicted octanol–water partition coefficient (Wildman–Crippen LogP) is 3.16. The van der Waals surface area contributed by atoms with Gasteiger partial charge in [-0.1, -0.05) is 6.42 Å². The molecular weight excluding hydrogens is 318 g/mol. The largest absolute Gasteiger partial charge is 0.354 e. The van der Waals surface area contributed by atoms with Gasteiger partial charge in [-0.2, -0.15) is 11.8 Å². The second-order valence-electron chi connectivity index (χ2n) is 7.17. The van der Waals surface area contributed by atoms with E-state index in [0.717, 1.165) is 18.7 Å². The molecule has 2 fully saturated rings. The van der Waals surface area contributed by atoms with Crippen LogP contribution in [0.4, 0.5) is 0 Å². The van der Waals surface area contributed by atoms with Crippen LogP contribution in [0.2, 0.25) is 0 Å². The average molecular weight is 350 g/mol. The van der Waals surface area contributed by atoms with Crippen molar-refractivity contribution in [3.8, 4) is 0 Å². The molecule has 2 aliphatic rings. The van der Waals surface area contributed by atoms with Crippen LogP contribution in [0.3, 0.4) is 0 Å². The molecule has 3 atom stereocenters. The second kappa shape index (κ2) is 8.95. The molecule has 0 saturated carbocycles. The predicted molar refractivity (Wildman–Crippen MR) is 101 cm³/mol. The lowest BCUT2D eigenvalue weighted by Crippen LogP contribution is -2.51. The van der Waals surface area contributed by atoms with Crippen LogP contribution in [-0.4, -0.2) is 53.1 Å². The lowest BCUT2D eigenvalue weighted by molar-refractivity contribution is -0.124. The zero-order valence-electron chi connectivity index (χ0n) is 14.8. The summed E-state index contributed by atoms with van der Waals surface area (Å²) in [4.78, 5) is 15.5. The molecule has 3 rings (SSSR count). The number of fused-ring (bicyclic) bond motifs is 1. The van der Waals surface area contributed by atoms with E-state index in [4.69, 9.17) is 0 Å². The maximum absolute atomic E-state index is 12.8. The van der Waals surface area contributed by atoms with Crippen molar-refractivity contribution in [2.75, 3.05) is 31.6 Å². The minimum absolute atomic E-state index is 0.0708. The summed E-state index contributed by atoms with van der Waals surface area (Å²) in [7, 11) is 0. The molecule has 1 N–H and O–H groups in total. The molecular formula is C19H31N3OS. The first kappa shape index (κ1) is 17.9. The van der Waals surface area contributed by atoms with Crippen molar-refractivity contribution in [3.63, 3.8) is 0 Å². The second-order valence-corrected chi connectivity index (χ2v) is 8.16. The summed E-state index contributed by atoms with van der Waals surface area (Å²) in [6.07, 6.45) is 13.6. The highest BCUT2D eigenvalue weighted by atomic mass is 32.2. The van der Waals surface area contributed by atoms with Crippen molar-refractivity contribution in [3.05, 3.63) is 24.5 Å². The summed E-state index contributed by atoms with van der Waals surface area (Å²) in [5, 5.41) is 3.29. The Hall–Kier alpha value is -0.940. The summed E-state index contributed by atoms with van der Waals surface area (Å²) < 4.78 is 2.05. The molecule has 0 aromatic carbocycles. The molecule has 3 heterocycles. The van der Waals surface area contributed by atoms with Gasteiger partial charge < -0.3 is 14.8 Å². The van der Waals surface area contributed by atoms with Gasteiger partial charge in [0.15, 0.2) is 0 Å². The van der Waals surface area contributed by atoms with Gasteiger partial charge in [0.2, 0.25) is 5.91 Å². The molecule has 1 aromatic heterocycles. The van der Waals surface area contributed by atoms with Crippen LogP contribution in [0.15, 0.2) is 24.5 Å². The molecule has 0 radical (unpaired) electrons. The van der Waals surface area contributed by atoms with Crippen LogP contribution in [-0.2, 0) is 4.79 Å². The number of rotatable bonds is 7. The van der Waals surface area contributed by atoms with Gasteiger partial charge in [-0.25, -0.2) is 0 Å². The fraction of sp³-hybridized carbons (Fsp3) is 0.737. The van der Waals surface area contributed by atoms with Gasteiger partial charge in [0.25, 0.3) is 0 Å². The molecule has 0 unspecified atom stereocenters. The van der Waals surface area contributed by atoms with Crippen molar-refractivity contribution in [1.29, 1.82) is 0 Å². The summed E-state index contributed by atoms with van der Waals surface area (Å²) in [6.45, 7) is 3.36. The van der Waals surface area contributed by atoms with E-state index in [1.807, 2.05) is 24.5 Å². The molecule has 1 amide bonds. The van der Waals surface area contributed by atoms with E-state index in [-0.39, 0.29) is 11.9 Å². The number of aromatic nitrogens is 1. The van der Waals surface area contributed by atoms with E-state index >= 15 is 0 Å². The highest BCUT2D eigenvalue weighted by Crippen LogP contribution is 2.30. The third-order valence-electron chi connectivity index (χ3n) is 5.65. The Kier molecular flexibility index (Phi) is 6.67. The zero-order valence-corrected chi connectivity index (χ0v) is 15.6. The Labute approximate surface area is 150 Å². The standard InChI is InChI=1S/C19H31N3OS/c1-24-14-9-18(22-11-4-5-12-22)19(23)20-15-16-7-6-13-21-10-3-2-8-17(16)21/h4-5,11-12,16-18H,2-3,6-10,13-15H2,1H3,(H,20,23)/t16-,17+,18+/m0/s1. The van der Waals surface area contributed by atoms with Gasteiger partial charge >= 0.3 is 0 Å². The number of hydrogen-bond donors (Lipinski definition) is 1. The molecule has 1 aromatic rings. The number of piperidine rings is 2. The first-order valence-corrected chi connectivity index (χ1v) is 10.8. The fourth-order valence-electron chi connectivity index (χ4n) is 4.37. The van der Waals surface area contributed by atoms with E-state index in [1.165, 1.54) is 45.2 Å². The minimum Gasteiger partial charge on any atom is -0.354 e. The minimum atomic E-state index is -0.0708. The zero-order chi connectivity index (χ0) is 16.8. The Morgan fingerprint density at radius 2 is 2.00 bits per heavy atom. The number of thioether (sulfide) groups is 1. The van der Waals surface area contributed by atoms with Crippen molar-refractivity contribution in [2.24, 2.45) is 5.92 Å². The van der Waals surface area contributed by atoms with Crippen molar-refractivity contribution < 1.29 is 4.79 Å². The van der Waals surface area contributed by atoms with Gasteiger partial charge in [0.1, 0.15) is 6.04 Å². The molecule has 0 spiro atoms. The number of hydrogen-bond acceptors (Lipinski definition) is 3. The van der Waals surface area contributed by atoms with Gasteiger partial charge in [-0.3, -0.25) is 4.79 Å². The number of nitrogens with one attached hydrogen (secondary N) is 1. The highest BCUT2D eigenvalue weighted by Gasteiger charge is 2.33. The third-order valence-corrected chi connectivity index (χ3v) is 6.30. The quantitative estimate of drug-likeness (QED) is 0.821. The average Bonchev–Trinajstić information content (AvgIpc) is 3.14. The van der Waals surface area contributed by atoms with Crippen LogP contribution in [0, 0.1) is 5.92 Å². The third kappa shape index (κ3) is 4.37. The van der Waals surface area contributed by atoms with E-state index in [0.29, 0.717) is 12.0 Å². The Balaban J connectivity index is 1.56. The number of carbonyl (C=O) groups excluding carboxylic acids is 1. The van der Waals surface area contributed by atoms with E-state index in [9.17, 15) is 4.79 Å². The molecule has 24 heavy (non-hydrogen) atoms. The fourth-order valence-corrected chi connectivity index (χ4v) is 4.82. The van der Waals surface area contributed by atoms with Crippen LogP contribution in [0.5, 0.6) is 0 Å². The van der Waals surface area contributed by atoms with Gasteiger partial charge in [-0.05, 0) is 75.3 Å². The van der Waals surface area contributed by atoms with Crippen LogP contribution in [0.25, 0.3) is 0 Å². The Morgan fingerprint density at radius 3 is 2.79 bits per heavy atom. The topological polar surface area (TPSA) is 37.3 Å². The summed E-state index contributed by atoms with van der Waals surface area (Å²) in [5.41, 5.74) is 0. The highest BCUT2D eigenvalue weighted by molar-refractivity contribution is 7.98. The monoisotopic (exact) mass is 349 g/mol. The molecule has 2 saturated heterocycles. The van der Waals surface area contributed by atoms with E-state index in [2.05, 4.69) is 21.0 Å². The summed E-state index contributed by atoms with van der Waals surface area (Å²) in [5.74, 6) is 1.83. The molecule has 134 valence electrons. The maximum atomic E-state index is 12.8. The normalized spacial score (nSPS) is 25.9. The summed E-state index contributed by atoms with van der Waals surface area (Å²) in [6, 6.07) is 4.63. The SMILES string of the molecule is CSCC[C@H](C(=O)NC[C@@H]1CCCN2CCCC[C@H]12)n1cccc1. The Morgan fingerprint density at radius 1 is 1.21 bits per heavy atom. The first-order chi connectivity index (χ1) is 11.8. The summed E-state index contributed by atoms with van der Waals surface area (Å²) >= 11 is 1.81. The van der Waals surface area contributed by atoms with Gasteiger partial charge in [-0.15, -0.1) is 0 Å². The van der Waals surface area contributed by atoms with E-state index < -0.39 is 0 Å². The van der Waals surface area contributed by atoms with Gasteiger partial charge in [0, 0.05) is 25.0 Å².